The number of rotatable bonds is 6. The Bertz CT molecular complexity index is 624. The summed E-state index contributed by atoms with van der Waals surface area (Å²) in [5.41, 5.74) is 3.06. The largest absolute Gasteiger partial charge is 0.395 e. The molecule has 0 saturated carbocycles. The van der Waals surface area contributed by atoms with E-state index in [0.717, 1.165) is 17.2 Å². The van der Waals surface area contributed by atoms with Crippen LogP contribution in [-0.4, -0.2) is 40.6 Å². The summed E-state index contributed by atoms with van der Waals surface area (Å²) in [6.07, 6.45) is 2.36. The van der Waals surface area contributed by atoms with Crippen LogP contribution in [0.15, 0.2) is 30.5 Å². The number of hydrazine groups is 1. The van der Waals surface area contributed by atoms with Crippen molar-refractivity contribution >= 4 is 22.5 Å². The summed E-state index contributed by atoms with van der Waals surface area (Å²) in [5, 5.41) is 10.7. The van der Waals surface area contributed by atoms with Crippen molar-refractivity contribution < 1.29 is 9.90 Å². The van der Waals surface area contributed by atoms with Crippen LogP contribution < -0.4 is 11.3 Å². The molecule has 0 unspecified atom stereocenters. The third-order valence-electron chi connectivity index (χ3n) is 3.31. The van der Waals surface area contributed by atoms with Crippen molar-refractivity contribution in [3.05, 3.63) is 36.0 Å². The average Bonchev–Trinajstić information content (AvgIpc) is 2.53. The summed E-state index contributed by atoms with van der Waals surface area (Å²) in [5.74, 6) is 5.86. The van der Waals surface area contributed by atoms with Crippen molar-refractivity contribution in [2.45, 2.75) is 13.3 Å². The van der Waals surface area contributed by atoms with Crippen molar-refractivity contribution in [1.29, 1.82) is 0 Å². The van der Waals surface area contributed by atoms with E-state index in [4.69, 9.17) is 10.9 Å². The van der Waals surface area contributed by atoms with E-state index >= 15 is 0 Å². The topological polar surface area (TPSA) is 91.5 Å². The summed E-state index contributed by atoms with van der Waals surface area (Å²) in [6.45, 7) is 2.86. The minimum Gasteiger partial charge on any atom is -0.395 e. The highest BCUT2D eigenvalue weighted by Crippen LogP contribution is 2.24. The lowest BCUT2D eigenvalue weighted by atomic mass is 10.1. The maximum atomic E-state index is 12.7. The van der Waals surface area contributed by atoms with Gasteiger partial charge in [0.15, 0.2) is 0 Å². The number of nitrogens with one attached hydrogen (secondary N) is 1. The SMILES string of the molecule is CCCN(CCO)C(=O)c1cnc(NN)c2ccccc12. The Kier molecular flexibility index (Phi) is 5.08. The summed E-state index contributed by atoms with van der Waals surface area (Å²) < 4.78 is 0. The number of hydrogen-bond acceptors (Lipinski definition) is 5. The molecule has 2 rings (SSSR count). The Labute approximate surface area is 123 Å². The van der Waals surface area contributed by atoms with Crippen LogP contribution in [0, 0.1) is 0 Å². The number of aliphatic hydroxyl groups is 1. The predicted octanol–water partition coefficient (Wildman–Crippen LogP) is 1.36. The number of anilines is 1. The number of benzene rings is 1. The van der Waals surface area contributed by atoms with E-state index < -0.39 is 0 Å². The number of carbonyl (C=O) groups is 1. The van der Waals surface area contributed by atoms with Gasteiger partial charge in [-0.1, -0.05) is 31.2 Å². The van der Waals surface area contributed by atoms with Crippen LogP contribution in [0.2, 0.25) is 0 Å². The molecule has 2 aromatic rings. The summed E-state index contributed by atoms with van der Waals surface area (Å²) in [4.78, 5) is 18.5. The fourth-order valence-corrected chi connectivity index (χ4v) is 2.35. The molecule has 1 aromatic carbocycles. The number of aromatic nitrogens is 1. The van der Waals surface area contributed by atoms with Gasteiger partial charge in [-0.2, -0.15) is 0 Å². The lowest BCUT2D eigenvalue weighted by Crippen LogP contribution is -2.34. The monoisotopic (exact) mass is 288 g/mol. The molecule has 0 fully saturated rings. The van der Waals surface area contributed by atoms with Crippen LogP contribution in [0.3, 0.4) is 0 Å². The van der Waals surface area contributed by atoms with E-state index in [1.165, 1.54) is 6.20 Å². The number of nitrogens with zero attached hydrogens (tertiary/aromatic N) is 2. The van der Waals surface area contributed by atoms with Gasteiger partial charge in [0.05, 0.1) is 12.2 Å². The van der Waals surface area contributed by atoms with E-state index in [2.05, 4.69) is 10.4 Å². The molecule has 0 aliphatic rings. The summed E-state index contributed by atoms with van der Waals surface area (Å²) in [6, 6.07) is 7.48. The fourth-order valence-electron chi connectivity index (χ4n) is 2.35. The molecule has 0 bridgehead atoms. The van der Waals surface area contributed by atoms with Crippen LogP contribution in [0.25, 0.3) is 10.8 Å². The molecular weight excluding hydrogens is 268 g/mol. The Morgan fingerprint density at radius 2 is 2.05 bits per heavy atom. The maximum Gasteiger partial charge on any atom is 0.256 e. The van der Waals surface area contributed by atoms with Crippen LogP contribution >= 0.6 is 0 Å². The number of nitrogen functional groups attached to an aromatic ring is 1. The lowest BCUT2D eigenvalue weighted by Gasteiger charge is -2.22. The minimum absolute atomic E-state index is 0.0560. The van der Waals surface area contributed by atoms with Gasteiger partial charge in [0.1, 0.15) is 5.82 Å². The number of carbonyl (C=O) groups excluding carboxylic acids is 1. The quantitative estimate of drug-likeness (QED) is 0.551. The molecule has 1 amide bonds. The van der Waals surface area contributed by atoms with Crippen molar-refractivity contribution in [1.82, 2.24) is 9.88 Å². The first-order valence-electron chi connectivity index (χ1n) is 6.97. The molecule has 1 heterocycles. The van der Waals surface area contributed by atoms with Crippen LogP contribution in [0.1, 0.15) is 23.7 Å². The zero-order valence-corrected chi connectivity index (χ0v) is 12.0. The number of fused-ring (bicyclic) bond motifs is 1. The fraction of sp³-hybridized carbons (Fsp3) is 0.333. The molecule has 0 aliphatic carbocycles. The molecule has 112 valence electrons. The smallest absolute Gasteiger partial charge is 0.256 e. The first kappa shape index (κ1) is 15.2. The first-order valence-corrected chi connectivity index (χ1v) is 6.97. The molecule has 0 aliphatic heterocycles. The maximum absolute atomic E-state index is 12.7. The highest BCUT2D eigenvalue weighted by Gasteiger charge is 2.18. The molecule has 0 spiro atoms. The Balaban J connectivity index is 2.48. The predicted molar refractivity (Wildman–Crippen MR) is 82.8 cm³/mol. The summed E-state index contributed by atoms with van der Waals surface area (Å²) >= 11 is 0. The summed E-state index contributed by atoms with van der Waals surface area (Å²) in [7, 11) is 0. The van der Waals surface area contributed by atoms with E-state index in [-0.39, 0.29) is 12.5 Å². The normalized spacial score (nSPS) is 10.6. The van der Waals surface area contributed by atoms with Gasteiger partial charge in [0.25, 0.3) is 5.91 Å². The molecule has 0 saturated heterocycles. The van der Waals surface area contributed by atoms with Gasteiger partial charge in [-0.3, -0.25) is 4.79 Å². The Morgan fingerprint density at radius 1 is 1.33 bits per heavy atom. The van der Waals surface area contributed by atoms with Crippen molar-refractivity contribution in [2.24, 2.45) is 5.84 Å². The van der Waals surface area contributed by atoms with E-state index in [0.29, 0.717) is 24.5 Å². The molecule has 6 heteroatoms. The average molecular weight is 288 g/mol. The third kappa shape index (κ3) is 3.12. The van der Waals surface area contributed by atoms with Crippen LogP contribution in [0.4, 0.5) is 5.82 Å². The minimum atomic E-state index is -0.127. The number of nitrogens with two attached hydrogens (primary N) is 1. The molecule has 6 nitrogen and oxygen atoms in total. The highest BCUT2D eigenvalue weighted by atomic mass is 16.3. The first-order chi connectivity index (χ1) is 10.2. The molecular formula is C15H20N4O2. The molecule has 4 N–H and O–H groups in total. The lowest BCUT2D eigenvalue weighted by molar-refractivity contribution is 0.0723. The number of amides is 1. The second kappa shape index (κ2) is 7.01. The number of aliphatic hydroxyl groups excluding tert-OH is 1. The Hall–Kier alpha value is -2.18. The van der Waals surface area contributed by atoms with Gasteiger partial charge >= 0.3 is 0 Å². The van der Waals surface area contributed by atoms with Crippen LogP contribution in [-0.2, 0) is 0 Å². The van der Waals surface area contributed by atoms with Crippen molar-refractivity contribution in [3.8, 4) is 0 Å². The van der Waals surface area contributed by atoms with Crippen molar-refractivity contribution in [3.63, 3.8) is 0 Å². The van der Waals surface area contributed by atoms with Gasteiger partial charge in [-0.05, 0) is 11.8 Å². The molecule has 1 aromatic heterocycles. The number of hydrogen-bond donors (Lipinski definition) is 3. The number of pyridine rings is 1. The Morgan fingerprint density at radius 3 is 2.67 bits per heavy atom. The van der Waals surface area contributed by atoms with Crippen LogP contribution in [0.5, 0.6) is 0 Å². The highest BCUT2D eigenvalue weighted by molar-refractivity contribution is 6.09. The third-order valence-corrected chi connectivity index (χ3v) is 3.31. The zero-order valence-electron chi connectivity index (χ0n) is 12.0. The van der Waals surface area contributed by atoms with Gasteiger partial charge in [-0.15, -0.1) is 0 Å². The van der Waals surface area contributed by atoms with E-state index in [1.807, 2.05) is 31.2 Å². The van der Waals surface area contributed by atoms with Crippen molar-refractivity contribution in [2.75, 3.05) is 25.1 Å². The molecule has 0 atom stereocenters. The van der Waals surface area contributed by atoms with Gasteiger partial charge in [0.2, 0.25) is 0 Å². The molecule has 21 heavy (non-hydrogen) atoms. The van der Waals surface area contributed by atoms with Gasteiger partial charge in [-0.25, -0.2) is 10.8 Å². The van der Waals surface area contributed by atoms with E-state index in [9.17, 15) is 4.79 Å². The second-order valence-corrected chi connectivity index (χ2v) is 4.73. The van der Waals surface area contributed by atoms with Gasteiger partial charge < -0.3 is 15.4 Å². The molecule has 0 radical (unpaired) electrons. The zero-order chi connectivity index (χ0) is 15.2. The van der Waals surface area contributed by atoms with E-state index in [1.54, 1.807) is 4.90 Å². The second-order valence-electron chi connectivity index (χ2n) is 4.73. The standard InChI is InChI=1S/C15H20N4O2/c1-2-7-19(8-9-20)15(21)13-10-17-14(18-16)12-6-4-3-5-11(12)13/h3-6,10,20H,2,7-9,16H2,1H3,(H,17,18). The van der Waals surface area contributed by atoms with Gasteiger partial charge in [0, 0.05) is 24.7 Å².